The third kappa shape index (κ3) is 3.36. The summed E-state index contributed by atoms with van der Waals surface area (Å²) in [5.74, 6) is 1.50. The second-order valence-electron chi connectivity index (χ2n) is 7.65. The van der Waals surface area contributed by atoms with Crippen LogP contribution in [-0.4, -0.2) is 18.5 Å². The molecule has 2 saturated carbocycles. The van der Waals surface area contributed by atoms with Crippen LogP contribution < -0.4 is 11.1 Å². The van der Waals surface area contributed by atoms with Crippen molar-refractivity contribution < 1.29 is 4.79 Å². The predicted octanol–water partition coefficient (Wildman–Crippen LogP) is 3.08. The van der Waals surface area contributed by atoms with Crippen molar-refractivity contribution in [3.8, 4) is 0 Å². The van der Waals surface area contributed by atoms with E-state index in [1.165, 1.54) is 32.1 Å². The van der Waals surface area contributed by atoms with Crippen LogP contribution in [0.1, 0.15) is 65.7 Å². The highest BCUT2D eigenvalue weighted by atomic mass is 16.1. The molecule has 3 N–H and O–H groups in total. The monoisotopic (exact) mass is 280 g/mol. The van der Waals surface area contributed by atoms with Gasteiger partial charge in [0.2, 0.25) is 5.91 Å². The molecular weight excluding hydrogens is 248 g/mol. The molecule has 1 amide bonds. The van der Waals surface area contributed by atoms with Crippen molar-refractivity contribution >= 4 is 5.91 Å². The Balaban J connectivity index is 1.88. The molecule has 20 heavy (non-hydrogen) atoms. The smallest absolute Gasteiger partial charge is 0.223 e. The van der Waals surface area contributed by atoms with E-state index >= 15 is 0 Å². The van der Waals surface area contributed by atoms with Crippen LogP contribution in [0.4, 0.5) is 0 Å². The zero-order valence-electron chi connectivity index (χ0n) is 13.5. The van der Waals surface area contributed by atoms with Crippen LogP contribution in [0.25, 0.3) is 0 Å². The minimum Gasteiger partial charge on any atom is -0.356 e. The van der Waals surface area contributed by atoms with Gasteiger partial charge in [0.15, 0.2) is 0 Å². The van der Waals surface area contributed by atoms with Crippen molar-refractivity contribution in [2.24, 2.45) is 28.9 Å². The first-order valence-electron chi connectivity index (χ1n) is 8.46. The molecule has 0 bridgehead atoms. The van der Waals surface area contributed by atoms with Crippen LogP contribution in [-0.2, 0) is 4.79 Å². The molecule has 0 heterocycles. The predicted molar refractivity (Wildman–Crippen MR) is 83.2 cm³/mol. The molecule has 0 spiro atoms. The summed E-state index contributed by atoms with van der Waals surface area (Å²) in [7, 11) is 0. The highest BCUT2D eigenvalue weighted by Gasteiger charge is 2.44. The summed E-state index contributed by atoms with van der Waals surface area (Å²) in [4.78, 5) is 12.6. The zero-order valence-corrected chi connectivity index (χ0v) is 13.5. The SMILES string of the molecule is CC1C(N)CCC(C(=O)NCC2CCCCC2)C1(C)C. The Hall–Kier alpha value is -0.570. The molecular formula is C17H32N2O. The Kier molecular flexibility index (Phi) is 5.11. The van der Waals surface area contributed by atoms with Gasteiger partial charge in [0, 0.05) is 18.5 Å². The highest BCUT2D eigenvalue weighted by Crippen LogP contribution is 2.44. The molecule has 3 atom stereocenters. The van der Waals surface area contributed by atoms with Crippen molar-refractivity contribution in [2.75, 3.05) is 6.54 Å². The van der Waals surface area contributed by atoms with E-state index in [-0.39, 0.29) is 23.3 Å². The summed E-state index contributed by atoms with van der Waals surface area (Å²) in [6, 6.07) is 0.243. The summed E-state index contributed by atoms with van der Waals surface area (Å²) in [6.07, 6.45) is 8.53. The zero-order chi connectivity index (χ0) is 14.8. The van der Waals surface area contributed by atoms with Gasteiger partial charge in [0.25, 0.3) is 0 Å². The molecule has 0 aliphatic heterocycles. The second kappa shape index (κ2) is 6.46. The van der Waals surface area contributed by atoms with Crippen molar-refractivity contribution in [3.05, 3.63) is 0 Å². The number of rotatable bonds is 3. The molecule has 3 heteroatoms. The first kappa shape index (κ1) is 15.8. The van der Waals surface area contributed by atoms with Gasteiger partial charge in [-0.1, -0.05) is 40.0 Å². The first-order valence-corrected chi connectivity index (χ1v) is 8.46. The number of carbonyl (C=O) groups excluding carboxylic acids is 1. The Morgan fingerprint density at radius 1 is 1.15 bits per heavy atom. The molecule has 0 aromatic carbocycles. The molecule has 2 fully saturated rings. The number of amides is 1. The first-order chi connectivity index (χ1) is 9.43. The van der Waals surface area contributed by atoms with Gasteiger partial charge in [-0.25, -0.2) is 0 Å². The third-order valence-corrected chi connectivity index (χ3v) is 6.11. The maximum absolute atomic E-state index is 12.6. The fourth-order valence-corrected chi connectivity index (χ4v) is 4.08. The van der Waals surface area contributed by atoms with E-state index in [1.807, 2.05) is 0 Å². The van der Waals surface area contributed by atoms with Crippen molar-refractivity contribution in [2.45, 2.75) is 71.8 Å². The summed E-state index contributed by atoms with van der Waals surface area (Å²) in [6.45, 7) is 7.50. The van der Waals surface area contributed by atoms with Gasteiger partial charge in [-0.3, -0.25) is 4.79 Å². The maximum Gasteiger partial charge on any atom is 0.223 e. The van der Waals surface area contributed by atoms with Gasteiger partial charge in [-0.2, -0.15) is 0 Å². The molecule has 2 rings (SSSR count). The van der Waals surface area contributed by atoms with E-state index in [0.717, 1.165) is 19.4 Å². The molecule has 0 saturated heterocycles. The highest BCUT2D eigenvalue weighted by molar-refractivity contribution is 5.79. The molecule has 0 aromatic heterocycles. The summed E-state index contributed by atoms with van der Waals surface area (Å²) >= 11 is 0. The van der Waals surface area contributed by atoms with Crippen LogP contribution in [0.2, 0.25) is 0 Å². The van der Waals surface area contributed by atoms with Gasteiger partial charge in [-0.15, -0.1) is 0 Å². The van der Waals surface area contributed by atoms with Gasteiger partial charge in [0.1, 0.15) is 0 Å². The lowest BCUT2D eigenvalue weighted by Gasteiger charge is -2.46. The van der Waals surface area contributed by atoms with Crippen molar-refractivity contribution in [1.82, 2.24) is 5.32 Å². The second-order valence-corrected chi connectivity index (χ2v) is 7.65. The number of carbonyl (C=O) groups is 1. The number of nitrogens with two attached hydrogens (primary N) is 1. The van der Waals surface area contributed by atoms with Gasteiger partial charge >= 0.3 is 0 Å². The van der Waals surface area contributed by atoms with E-state index in [4.69, 9.17) is 5.73 Å². The molecule has 3 unspecified atom stereocenters. The van der Waals surface area contributed by atoms with E-state index in [0.29, 0.717) is 11.8 Å². The van der Waals surface area contributed by atoms with Gasteiger partial charge in [0.05, 0.1) is 0 Å². The third-order valence-electron chi connectivity index (χ3n) is 6.11. The molecule has 2 aliphatic carbocycles. The normalized spacial score (nSPS) is 34.7. The Morgan fingerprint density at radius 2 is 1.80 bits per heavy atom. The van der Waals surface area contributed by atoms with E-state index < -0.39 is 0 Å². The topological polar surface area (TPSA) is 55.1 Å². The lowest BCUT2D eigenvalue weighted by Crippen LogP contribution is -2.52. The summed E-state index contributed by atoms with van der Waals surface area (Å²) in [5.41, 5.74) is 6.18. The molecule has 0 radical (unpaired) electrons. The Labute approximate surface area is 124 Å². The minimum atomic E-state index is 0.00825. The minimum absolute atomic E-state index is 0.00825. The largest absolute Gasteiger partial charge is 0.356 e. The number of nitrogens with one attached hydrogen (secondary N) is 1. The summed E-state index contributed by atoms with van der Waals surface area (Å²) in [5, 5.41) is 3.23. The van der Waals surface area contributed by atoms with Gasteiger partial charge < -0.3 is 11.1 Å². The summed E-state index contributed by atoms with van der Waals surface area (Å²) < 4.78 is 0. The molecule has 3 nitrogen and oxygen atoms in total. The van der Waals surface area contributed by atoms with Crippen LogP contribution >= 0.6 is 0 Å². The van der Waals surface area contributed by atoms with Crippen molar-refractivity contribution in [1.29, 1.82) is 0 Å². The van der Waals surface area contributed by atoms with Crippen LogP contribution in [0, 0.1) is 23.2 Å². The Morgan fingerprint density at radius 3 is 2.45 bits per heavy atom. The lowest BCUT2D eigenvalue weighted by molar-refractivity contribution is -0.132. The quantitative estimate of drug-likeness (QED) is 0.834. The standard InChI is InChI=1S/C17H32N2O/c1-12-15(18)10-9-14(17(12,2)3)16(20)19-11-13-7-5-4-6-8-13/h12-15H,4-11,18H2,1-3H3,(H,19,20). The van der Waals surface area contributed by atoms with Crippen molar-refractivity contribution in [3.63, 3.8) is 0 Å². The average Bonchev–Trinajstić information content (AvgIpc) is 2.43. The molecule has 0 aromatic rings. The average molecular weight is 280 g/mol. The molecule has 116 valence electrons. The maximum atomic E-state index is 12.6. The molecule has 2 aliphatic rings. The lowest BCUT2D eigenvalue weighted by atomic mass is 9.61. The Bertz CT molecular complexity index is 334. The van der Waals surface area contributed by atoms with Crippen LogP contribution in [0.5, 0.6) is 0 Å². The van der Waals surface area contributed by atoms with E-state index in [2.05, 4.69) is 26.1 Å². The van der Waals surface area contributed by atoms with E-state index in [1.54, 1.807) is 0 Å². The van der Waals surface area contributed by atoms with Crippen LogP contribution in [0.3, 0.4) is 0 Å². The number of hydrogen-bond acceptors (Lipinski definition) is 2. The fraction of sp³-hybridized carbons (Fsp3) is 0.941. The van der Waals surface area contributed by atoms with E-state index in [9.17, 15) is 4.79 Å². The van der Waals surface area contributed by atoms with Crippen LogP contribution in [0.15, 0.2) is 0 Å². The van der Waals surface area contributed by atoms with Gasteiger partial charge in [-0.05, 0) is 42.9 Å². The number of hydrogen-bond donors (Lipinski definition) is 2. The fourth-order valence-electron chi connectivity index (χ4n) is 4.08.